The van der Waals surface area contributed by atoms with Crippen molar-refractivity contribution in [3.8, 4) is 5.75 Å². The van der Waals surface area contributed by atoms with Gasteiger partial charge >= 0.3 is 5.97 Å². The Kier molecular flexibility index (Phi) is 8.68. The number of halogens is 4. The number of hydrogen-bond donors (Lipinski definition) is 0. The number of ether oxygens (including phenoxy) is 3. The summed E-state index contributed by atoms with van der Waals surface area (Å²) < 4.78 is 67.7. The highest BCUT2D eigenvalue weighted by Crippen LogP contribution is 2.30. The first-order valence-corrected chi connectivity index (χ1v) is 7.09. The number of carbonyl (C=O) groups is 1. The lowest BCUT2D eigenvalue weighted by atomic mass is 10.2. The molecule has 0 radical (unpaired) electrons. The summed E-state index contributed by atoms with van der Waals surface area (Å²) in [4.78, 5) is 14.1. The number of hydrogen-bond acceptors (Lipinski definition) is 5. The second-order valence-corrected chi connectivity index (χ2v) is 4.61. The van der Waals surface area contributed by atoms with Crippen molar-refractivity contribution in [3.05, 3.63) is 39.3 Å². The molecule has 138 valence electrons. The molecular formula is C14H15F4N3O4. The largest absolute Gasteiger partial charge is 0.423 e. The van der Waals surface area contributed by atoms with Gasteiger partial charge in [-0.15, -0.1) is 0 Å². The Labute approximate surface area is 140 Å². The molecule has 0 N–H and O–H groups in total. The van der Waals surface area contributed by atoms with Gasteiger partial charge in [-0.05, 0) is 12.5 Å². The highest BCUT2D eigenvalue weighted by atomic mass is 19.2. The average molecular weight is 365 g/mol. The summed E-state index contributed by atoms with van der Waals surface area (Å²) in [5.41, 5.74) is 7.37. The van der Waals surface area contributed by atoms with E-state index in [1.807, 2.05) is 0 Å². The van der Waals surface area contributed by atoms with Crippen LogP contribution in [0.4, 0.5) is 17.6 Å². The molecule has 1 aromatic rings. The molecule has 0 spiro atoms. The van der Waals surface area contributed by atoms with Crippen molar-refractivity contribution in [3.63, 3.8) is 0 Å². The Morgan fingerprint density at radius 2 is 1.60 bits per heavy atom. The monoisotopic (exact) mass is 365 g/mol. The molecule has 1 rings (SSSR count). The van der Waals surface area contributed by atoms with Gasteiger partial charge in [-0.3, -0.25) is 4.79 Å². The summed E-state index contributed by atoms with van der Waals surface area (Å²) in [6.45, 7) is 1.57. The third-order valence-corrected chi connectivity index (χ3v) is 2.88. The van der Waals surface area contributed by atoms with Gasteiger partial charge in [0.05, 0.1) is 32.8 Å². The lowest BCUT2D eigenvalue weighted by molar-refractivity contribution is -0.136. The number of azide groups is 1. The van der Waals surface area contributed by atoms with Crippen LogP contribution in [0.2, 0.25) is 0 Å². The van der Waals surface area contributed by atoms with Crippen molar-refractivity contribution < 1.29 is 36.6 Å². The quantitative estimate of drug-likeness (QED) is 0.0732. The summed E-state index contributed by atoms with van der Waals surface area (Å²) >= 11 is 0. The van der Waals surface area contributed by atoms with E-state index in [4.69, 9.17) is 15.0 Å². The summed E-state index contributed by atoms with van der Waals surface area (Å²) in [5.74, 6) is -9.44. The second kappa shape index (κ2) is 10.5. The van der Waals surface area contributed by atoms with Crippen molar-refractivity contribution in [2.75, 3.05) is 33.0 Å². The van der Waals surface area contributed by atoms with Gasteiger partial charge in [-0.25, -0.2) is 13.2 Å². The average Bonchev–Trinajstić information content (AvgIpc) is 2.60. The van der Waals surface area contributed by atoms with Gasteiger partial charge in [0.25, 0.3) is 0 Å². The van der Waals surface area contributed by atoms with Crippen LogP contribution in [-0.4, -0.2) is 38.9 Å². The van der Waals surface area contributed by atoms with Gasteiger partial charge in [0.1, 0.15) is 0 Å². The number of carbonyl (C=O) groups excluding carboxylic acids is 1. The fourth-order valence-corrected chi connectivity index (χ4v) is 1.64. The smallest absolute Gasteiger partial charge is 0.313 e. The number of rotatable bonds is 10. The van der Waals surface area contributed by atoms with E-state index >= 15 is 0 Å². The van der Waals surface area contributed by atoms with Crippen LogP contribution in [0.3, 0.4) is 0 Å². The summed E-state index contributed by atoms with van der Waals surface area (Å²) in [6.07, 6.45) is -0.321. The van der Waals surface area contributed by atoms with E-state index in [0.717, 1.165) is 6.92 Å². The van der Waals surface area contributed by atoms with Crippen molar-refractivity contribution >= 4 is 5.97 Å². The molecule has 11 heteroatoms. The third-order valence-electron chi connectivity index (χ3n) is 2.88. The lowest BCUT2D eigenvalue weighted by Crippen LogP contribution is -2.16. The van der Waals surface area contributed by atoms with Crippen molar-refractivity contribution in [2.45, 2.75) is 13.3 Å². The summed E-state index contributed by atoms with van der Waals surface area (Å²) in [6, 6.07) is 0. The van der Waals surface area contributed by atoms with Gasteiger partial charge in [-0.2, -0.15) is 4.39 Å². The molecule has 0 saturated carbocycles. The molecule has 0 saturated heterocycles. The molecule has 0 bridgehead atoms. The molecule has 0 atom stereocenters. The zero-order valence-corrected chi connectivity index (χ0v) is 13.2. The van der Waals surface area contributed by atoms with Crippen LogP contribution < -0.4 is 4.74 Å². The van der Waals surface area contributed by atoms with Gasteiger partial charge in [0.2, 0.25) is 11.6 Å². The second-order valence-electron chi connectivity index (χ2n) is 4.61. The molecule has 7 nitrogen and oxygen atoms in total. The molecule has 0 aliphatic carbocycles. The van der Waals surface area contributed by atoms with Crippen LogP contribution in [0, 0.1) is 30.2 Å². The van der Waals surface area contributed by atoms with Gasteiger partial charge in [0.15, 0.2) is 17.4 Å². The molecule has 0 amide bonds. The molecule has 0 heterocycles. The minimum Gasteiger partial charge on any atom is -0.423 e. The fraction of sp³-hybridized carbons (Fsp3) is 0.500. The molecule has 0 aliphatic heterocycles. The molecular weight excluding hydrogens is 350 g/mol. The molecule has 0 aromatic heterocycles. The van der Waals surface area contributed by atoms with Crippen molar-refractivity contribution in [1.82, 2.24) is 0 Å². The van der Waals surface area contributed by atoms with Gasteiger partial charge in [-0.1, -0.05) is 5.11 Å². The standard InChI is InChI=1S/C14H15F4N3O4/c1-8-10(15)11(16)12(17)13(18)14(8)25-9(22)2-4-23-6-7-24-5-3-20-21-19/h2-7H2,1H3. The van der Waals surface area contributed by atoms with Crippen LogP contribution >= 0.6 is 0 Å². The van der Waals surface area contributed by atoms with Gasteiger partial charge < -0.3 is 14.2 Å². The minimum atomic E-state index is -2.06. The van der Waals surface area contributed by atoms with E-state index in [1.165, 1.54) is 0 Å². The van der Waals surface area contributed by atoms with E-state index < -0.39 is 40.6 Å². The summed E-state index contributed by atoms with van der Waals surface area (Å²) in [5, 5.41) is 3.25. The Morgan fingerprint density at radius 1 is 1.00 bits per heavy atom. The first-order valence-electron chi connectivity index (χ1n) is 7.09. The Hall–Kier alpha value is -2.36. The highest BCUT2D eigenvalue weighted by molar-refractivity contribution is 5.73. The molecule has 25 heavy (non-hydrogen) atoms. The van der Waals surface area contributed by atoms with Crippen LogP contribution in [-0.2, 0) is 14.3 Å². The van der Waals surface area contributed by atoms with Crippen LogP contribution in [0.5, 0.6) is 5.75 Å². The minimum absolute atomic E-state index is 0.106. The maximum absolute atomic E-state index is 13.5. The molecule has 0 fully saturated rings. The molecule has 1 aromatic carbocycles. The zero-order chi connectivity index (χ0) is 18.8. The maximum atomic E-state index is 13.5. The number of nitrogens with zero attached hydrogens (tertiary/aromatic N) is 3. The zero-order valence-electron chi connectivity index (χ0n) is 13.2. The topological polar surface area (TPSA) is 93.5 Å². The number of benzene rings is 1. The predicted octanol–water partition coefficient (Wildman–Crippen LogP) is 3.19. The van der Waals surface area contributed by atoms with E-state index in [2.05, 4.69) is 14.8 Å². The van der Waals surface area contributed by atoms with E-state index in [-0.39, 0.29) is 39.4 Å². The summed E-state index contributed by atoms with van der Waals surface area (Å²) in [7, 11) is 0. The number of esters is 1. The van der Waals surface area contributed by atoms with Crippen LogP contribution in [0.1, 0.15) is 12.0 Å². The van der Waals surface area contributed by atoms with Gasteiger partial charge in [0, 0.05) is 17.0 Å². The molecule has 0 aliphatic rings. The van der Waals surface area contributed by atoms with E-state index in [0.29, 0.717) is 0 Å². The lowest BCUT2D eigenvalue weighted by Gasteiger charge is -2.11. The Bertz CT molecular complexity index is 637. The normalized spacial score (nSPS) is 10.4. The van der Waals surface area contributed by atoms with Crippen LogP contribution in [0.25, 0.3) is 10.4 Å². The first-order chi connectivity index (χ1) is 11.9. The Morgan fingerprint density at radius 3 is 2.24 bits per heavy atom. The highest BCUT2D eigenvalue weighted by Gasteiger charge is 2.25. The predicted molar refractivity (Wildman–Crippen MR) is 76.9 cm³/mol. The van der Waals surface area contributed by atoms with E-state index in [9.17, 15) is 22.4 Å². The van der Waals surface area contributed by atoms with Crippen LogP contribution in [0.15, 0.2) is 5.11 Å². The van der Waals surface area contributed by atoms with Crippen molar-refractivity contribution in [2.24, 2.45) is 5.11 Å². The van der Waals surface area contributed by atoms with Crippen molar-refractivity contribution in [1.29, 1.82) is 0 Å². The van der Waals surface area contributed by atoms with E-state index in [1.54, 1.807) is 0 Å². The third kappa shape index (κ3) is 6.22. The maximum Gasteiger partial charge on any atom is 0.313 e. The SMILES string of the molecule is Cc1c(F)c(F)c(F)c(F)c1OC(=O)CCOCCOCCN=[N+]=[N-]. The Balaban J connectivity index is 2.37. The fourth-order valence-electron chi connectivity index (χ4n) is 1.64. The first kappa shape index (κ1) is 20.7. The molecule has 0 unspecified atom stereocenters.